The van der Waals surface area contributed by atoms with Crippen LogP contribution in [0.2, 0.25) is 0 Å². The van der Waals surface area contributed by atoms with Crippen LogP contribution in [0.25, 0.3) is 5.69 Å². The largest absolute Gasteiger partial charge is 0.335 e. The lowest BCUT2D eigenvalue weighted by atomic mass is 9.74. The Hall–Kier alpha value is -3.23. The Morgan fingerprint density at radius 1 is 1.03 bits per heavy atom. The van der Waals surface area contributed by atoms with Crippen LogP contribution in [0.5, 0.6) is 0 Å². The van der Waals surface area contributed by atoms with Crippen LogP contribution in [0.3, 0.4) is 0 Å². The standard InChI is InChI=1S/C27H31N3O4S/c1-19(31)30-18-27(2,3)23-9-5-4-8-22(23)24(30)10-6-12-26(32)25-11-7-17-29(25)20-13-15-21(16-14-20)35(28,33)34/h4-5,7-9,11,13-17,24H,6,10,12,18H2,1-3H3,(H2,28,33,34). The zero-order valence-electron chi connectivity index (χ0n) is 20.3. The summed E-state index contributed by atoms with van der Waals surface area (Å²) >= 11 is 0. The molecule has 8 heteroatoms. The number of sulfonamides is 1. The Bertz CT molecular complexity index is 1360. The van der Waals surface area contributed by atoms with E-state index in [1.807, 2.05) is 17.0 Å². The summed E-state index contributed by atoms with van der Waals surface area (Å²) in [6.07, 6.45) is 3.45. The summed E-state index contributed by atoms with van der Waals surface area (Å²) in [5.41, 5.74) is 3.49. The first-order valence-electron chi connectivity index (χ1n) is 11.7. The van der Waals surface area contributed by atoms with Crippen molar-refractivity contribution in [3.05, 3.63) is 83.7 Å². The van der Waals surface area contributed by atoms with Crippen LogP contribution in [-0.2, 0) is 20.2 Å². The average Bonchev–Trinajstić information content (AvgIpc) is 3.30. The summed E-state index contributed by atoms with van der Waals surface area (Å²) in [5.74, 6) is 0.0324. The summed E-state index contributed by atoms with van der Waals surface area (Å²) in [4.78, 5) is 27.6. The molecule has 7 nitrogen and oxygen atoms in total. The van der Waals surface area contributed by atoms with Crippen LogP contribution in [0, 0.1) is 0 Å². The summed E-state index contributed by atoms with van der Waals surface area (Å²) in [6.45, 7) is 6.57. The van der Waals surface area contributed by atoms with Gasteiger partial charge in [-0.2, -0.15) is 0 Å². The molecule has 2 heterocycles. The molecule has 0 saturated heterocycles. The molecular weight excluding hydrogens is 462 g/mol. The topological polar surface area (TPSA) is 102 Å². The Balaban J connectivity index is 1.49. The van der Waals surface area contributed by atoms with Crippen molar-refractivity contribution in [3.63, 3.8) is 0 Å². The van der Waals surface area contributed by atoms with E-state index in [2.05, 4.69) is 26.0 Å². The Labute approximate surface area is 206 Å². The molecular formula is C27H31N3O4S. The second kappa shape index (κ2) is 9.43. The van der Waals surface area contributed by atoms with Gasteiger partial charge >= 0.3 is 0 Å². The molecule has 0 aliphatic carbocycles. The zero-order valence-corrected chi connectivity index (χ0v) is 21.1. The van der Waals surface area contributed by atoms with Gasteiger partial charge in [-0.25, -0.2) is 13.6 Å². The second-order valence-electron chi connectivity index (χ2n) is 9.75. The highest BCUT2D eigenvalue weighted by Gasteiger charge is 2.38. The zero-order chi connectivity index (χ0) is 25.4. The number of benzene rings is 2. The molecule has 0 saturated carbocycles. The predicted molar refractivity (Wildman–Crippen MR) is 135 cm³/mol. The number of ketones is 1. The minimum Gasteiger partial charge on any atom is -0.335 e. The lowest BCUT2D eigenvalue weighted by Gasteiger charge is -2.45. The summed E-state index contributed by atoms with van der Waals surface area (Å²) < 4.78 is 24.8. The van der Waals surface area contributed by atoms with Gasteiger partial charge in [-0.3, -0.25) is 9.59 Å². The van der Waals surface area contributed by atoms with Crippen molar-refractivity contribution in [1.82, 2.24) is 9.47 Å². The van der Waals surface area contributed by atoms with E-state index < -0.39 is 10.0 Å². The third-order valence-electron chi connectivity index (χ3n) is 6.75. The summed E-state index contributed by atoms with van der Waals surface area (Å²) in [7, 11) is -3.78. The van der Waals surface area contributed by atoms with E-state index in [4.69, 9.17) is 5.14 Å². The Morgan fingerprint density at radius 2 is 1.71 bits per heavy atom. The molecule has 1 unspecified atom stereocenters. The van der Waals surface area contributed by atoms with Gasteiger partial charge in [0.1, 0.15) is 0 Å². The van der Waals surface area contributed by atoms with E-state index in [0.717, 1.165) is 5.56 Å². The molecule has 4 rings (SSSR count). The number of aromatic nitrogens is 1. The first-order chi connectivity index (χ1) is 16.5. The first kappa shape index (κ1) is 24.9. The minimum atomic E-state index is -3.78. The van der Waals surface area contributed by atoms with E-state index in [1.165, 1.54) is 17.7 Å². The van der Waals surface area contributed by atoms with Gasteiger partial charge in [-0.1, -0.05) is 38.1 Å². The van der Waals surface area contributed by atoms with Crippen molar-refractivity contribution >= 4 is 21.7 Å². The molecule has 1 amide bonds. The maximum absolute atomic E-state index is 13.1. The number of carbonyl (C=O) groups excluding carboxylic acids is 2. The fourth-order valence-corrected chi connectivity index (χ4v) is 5.56. The van der Waals surface area contributed by atoms with E-state index in [1.54, 1.807) is 42.0 Å². The molecule has 2 N–H and O–H groups in total. The van der Waals surface area contributed by atoms with Crippen LogP contribution in [0.1, 0.15) is 67.7 Å². The monoisotopic (exact) mass is 493 g/mol. The van der Waals surface area contributed by atoms with Crippen molar-refractivity contribution in [3.8, 4) is 5.69 Å². The molecule has 1 aliphatic rings. The van der Waals surface area contributed by atoms with Crippen LogP contribution in [-0.4, -0.2) is 36.1 Å². The van der Waals surface area contributed by atoms with E-state index in [-0.39, 0.29) is 28.0 Å². The van der Waals surface area contributed by atoms with Crippen LogP contribution in [0.15, 0.2) is 71.8 Å². The van der Waals surface area contributed by atoms with Gasteiger partial charge < -0.3 is 9.47 Å². The number of nitrogens with zero attached hydrogens (tertiary/aromatic N) is 2. The molecule has 0 bridgehead atoms. The molecule has 3 aromatic rings. The minimum absolute atomic E-state index is 0.00989. The van der Waals surface area contributed by atoms with E-state index in [0.29, 0.717) is 37.2 Å². The molecule has 0 radical (unpaired) electrons. The highest BCUT2D eigenvalue weighted by atomic mass is 32.2. The number of rotatable bonds is 7. The van der Waals surface area contributed by atoms with Crippen LogP contribution >= 0.6 is 0 Å². The predicted octanol–water partition coefficient (Wildman–Crippen LogP) is 4.36. The normalized spacial score (nSPS) is 17.1. The Morgan fingerprint density at radius 3 is 2.37 bits per heavy atom. The van der Waals surface area contributed by atoms with Gasteiger partial charge in [0.25, 0.3) is 0 Å². The molecule has 0 spiro atoms. The lowest BCUT2D eigenvalue weighted by Crippen LogP contribution is -2.47. The number of hydrogen-bond donors (Lipinski definition) is 1. The molecule has 184 valence electrons. The fourth-order valence-electron chi connectivity index (χ4n) is 5.05. The third kappa shape index (κ3) is 5.09. The van der Waals surface area contributed by atoms with E-state index >= 15 is 0 Å². The maximum Gasteiger partial charge on any atom is 0.238 e. The van der Waals surface area contributed by atoms with Crippen LogP contribution < -0.4 is 5.14 Å². The van der Waals surface area contributed by atoms with E-state index in [9.17, 15) is 18.0 Å². The molecule has 2 aromatic carbocycles. The Kier molecular flexibility index (Phi) is 6.71. The van der Waals surface area contributed by atoms with Crippen LogP contribution in [0.4, 0.5) is 0 Å². The van der Waals surface area contributed by atoms with Gasteiger partial charge in [0.15, 0.2) is 5.78 Å². The lowest BCUT2D eigenvalue weighted by molar-refractivity contribution is -0.133. The number of carbonyl (C=O) groups is 2. The number of hydrogen-bond acceptors (Lipinski definition) is 4. The summed E-state index contributed by atoms with van der Waals surface area (Å²) in [5, 5.41) is 5.18. The van der Waals surface area contributed by atoms with Crippen molar-refractivity contribution in [1.29, 1.82) is 0 Å². The number of Topliss-reactive ketones (excluding diaryl/α,β-unsaturated/α-hetero) is 1. The number of primary sulfonamides is 1. The number of fused-ring (bicyclic) bond motifs is 1. The molecule has 1 aromatic heterocycles. The molecule has 0 fully saturated rings. The third-order valence-corrected chi connectivity index (χ3v) is 7.68. The fraction of sp³-hybridized carbons (Fsp3) is 0.333. The van der Waals surface area contributed by atoms with Crippen molar-refractivity contribution in [2.24, 2.45) is 5.14 Å². The van der Waals surface area contributed by atoms with Crippen molar-refractivity contribution < 1.29 is 18.0 Å². The quantitative estimate of drug-likeness (QED) is 0.494. The maximum atomic E-state index is 13.1. The SMILES string of the molecule is CC(=O)N1CC(C)(C)c2ccccc2C1CCCC(=O)c1cccn1-c1ccc(S(N)(=O)=O)cc1. The van der Waals surface area contributed by atoms with Gasteiger partial charge in [0.05, 0.1) is 16.6 Å². The summed E-state index contributed by atoms with van der Waals surface area (Å²) in [6, 6.07) is 17.9. The molecule has 35 heavy (non-hydrogen) atoms. The molecule has 1 aliphatic heterocycles. The smallest absolute Gasteiger partial charge is 0.238 e. The van der Waals surface area contributed by atoms with Gasteiger partial charge in [0.2, 0.25) is 15.9 Å². The second-order valence-corrected chi connectivity index (χ2v) is 11.3. The molecule has 1 atom stereocenters. The van der Waals surface area contributed by atoms with Crippen molar-refractivity contribution in [2.75, 3.05) is 6.54 Å². The first-order valence-corrected chi connectivity index (χ1v) is 13.2. The highest BCUT2D eigenvalue weighted by molar-refractivity contribution is 7.89. The van der Waals surface area contributed by atoms with Gasteiger partial charge in [-0.15, -0.1) is 0 Å². The average molecular weight is 494 g/mol. The van der Waals surface area contributed by atoms with Gasteiger partial charge in [-0.05, 0) is 60.4 Å². The number of amides is 1. The van der Waals surface area contributed by atoms with Gasteiger partial charge in [0, 0.05) is 37.2 Å². The number of nitrogens with two attached hydrogens (primary N) is 1. The highest BCUT2D eigenvalue weighted by Crippen LogP contribution is 2.41. The van der Waals surface area contributed by atoms with Crippen molar-refractivity contribution in [2.45, 2.75) is 56.4 Å².